The number of rotatable bonds is 9. The van der Waals surface area contributed by atoms with Gasteiger partial charge in [0, 0.05) is 23.6 Å². The number of sulfonamides is 1. The summed E-state index contributed by atoms with van der Waals surface area (Å²) in [6, 6.07) is 18.8. The molecule has 7 nitrogen and oxygen atoms in total. The summed E-state index contributed by atoms with van der Waals surface area (Å²) in [6.07, 6.45) is 0. The number of aryl methyl sites for hydroxylation is 1. The number of halogens is 2. The van der Waals surface area contributed by atoms with Gasteiger partial charge in [-0.25, -0.2) is 8.42 Å². The first kappa shape index (κ1) is 27.5. The van der Waals surface area contributed by atoms with Crippen LogP contribution in [0, 0.1) is 6.92 Å². The summed E-state index contributed by atoms with van der Waals surface area (Å²) >= 11 is 12.3. The number of anilines is 1. The van der Waals surface area contributed by atoms with E-state index in [9.17, 15) is 18.0 Å². The molecule has 0 fully saturated rings. The van der Waals surface area contributed by atoms with Gasteiger partial charge in [0.15, 0.2) is 0 Å². The summed E-state index contributed by atoms with van der Waals surface area (Å²) < 4.78 is 28.3. The molecule has 0 unspecified atom stereocenters. The Labute approximate surface area is 221 Å². The molecule has 1 N–H and O–H groups in total. The topological polar surface area (TPSA) is 86.8 Å². The number of benzene rings is 3. The van der Waals surface area contributed by atoms with E-state index in [-0.39, 0.29) is 33.1 Å². The zero-order chi connectivity index (χ0) is 26.5. The number of amides is 2. The van der Waals surface area contributed by atoms with Crippen LogP contribution in [0.15, 0.2) is 77.7 Å². The van der Waals surface area contributed by atoms with Crippen molar-refractivity contribution in [3.8, 4) is 0 Å². The van der Waals surface area contributed by atoms with Crippen LogP contribution in [0.3, 0.4) is 0 Å². The Balaban J connectivity index is 2.05. The normalized spacial score (nSPS) is 12.0. The Morgan fingerprint density at radius 2 is 1.53 bits per heavy atom. The highest BCUT2D eigenvalue weighted by atomic mass is 35.5. The van der Waals surface area contributed by atoms with Crippen LogP contribution in [0.2, 0.25) is 10.0 Å². The van der Waals surface area contributed by atoms with Crippen molar-refractivity contribution in [1.82, 2.24) is 10.2 Å². The summed E-state index contributed by atoms with van der Waals surface area (Å²) in [5, 5.41) is 2.98. The van der Waals surface area contributed by atoms with Crippen LogP contribution in [-0.2, 0) is 26.2 Å². The second-order valence-electron chi connectivity index (χ2n) is 8.25. The fraction of sp³-hybridized carbons (Fsp3) is 0.231. The fourth-order valence-corrected chi connectivity index (χ4v) is 5.55. The Morgan fingerprint density at radius 3 is 2.08 bits per heavy atom. The van der Waals surface area contributed by atoms with Gasteiger partial charge in [0.2, 0.25) is 11.8 Å². The molecule has 3 aromatic rings. The van der Waals surface area contributed by atoms with Crippen molar-refractivity contribution in [2.45, 2.75) is 31.3 Å². The summed E-state index contributed by atoms with van der Waals surface area (Å²) in [4.78, 5) is 27.5. The number of carbonyl (C=O) groups is 2. The fourth-order valence-electron chi connectivity index (χ4n) is 3.61. The molecule has 36 heavy (non-hydrogen) atoms. The predicted molar refractivity (Wildman–Crippen MR) is 143 cm³/mol. The molecule has 2 amide bonds. The van der Waals surface area contributed by atoms with Gasteiger partial charge < -0.3 is 10.2 Å². The van der Waals surface area contributed by atoms with E-state index < -0.39 is 28.5 Å². The molecule has 0 bridgehead atoms. The molecule has 0 aliphatic rings. The lowest BCUT2D eigenvalue weighted by atomic mass is 10.1. The van der Waals surface area contributed by atoms with Gasteiger partial charge in [0.1, 0.15) is 12.6 Å². The van der Waals surface area contributed by atoms with Gasteiger partial charge in [-0.15, -0.1) is 0 Å². The van der Waals surface area contributed by atoms with Gasteiger partial charge in [-0.05, 0) is 49.7 Å². The molecule has 0 saturated carbocycles. The van der Waals surface area contributed by atoms with Gasteiger partial charge in [0.05, 0.1) is 10.6 Å². The monoisotopic (exact) mass is 547 g/mol. The van der Waals surface area contributed by atoms with E-state index in [0.29, 0.717) is 0 Å². The second kappa shape index (κ2) is 11.8. The molecular weight excluding hydrogens is 521 g/mol. The average molecular weight is 548 g/mol. The minimum Gasteiger partial charge on any atom is -0.357 e. The van der Waals surface area contributed by atoms with Crippen molar-refractivity contribution in [3.05, 3.63) is 94.0 Å². The van der Waals surface area contributed by atoms with Gasteiger partial charge in [-0.2, -0.15) is 0 Å². The Bertz CT molecular complexity index is 1310. The highest BCUT2D eigenvalue weighted by molar-refractivity contribution is 7.92. The van der Waals surface area contributed by atoms with E-state index in [4.69, 9.17) is 23.2 Å². The van der Waals surface area contributed by atoms with Gasteiger partial charge in [0.25, 0.3) is 10.0 Å². The van der Waals surface area contributed by atoms with E-state index >= 15 is 0 Å². The third-order valence-electron chi connectivity index (χ3n) is 5.63. The standard InChI is InChI=1S/C26H27Cl2N3O4S/c1-18-9-11-20(12-10-18)16-30(19(2)26(33)29-3)25(32)17-31(23-14-21(27)13-22(28)15-23)36(34,35)24-7-5-4-6-8-24/h4-15,19H,16-17H2,1-3H3,(H,29,33)/t19-/m1/s1. The molecule has 3 aromatic carbocycles. The largest absolute Gasteiger partial charge is 0.357 e. The SMILES string of the molecule is CNC(=O)[C@@H](C)N(Cc1ccc(C)cc1)C(=O)CN(c1cc(Cl)cc(Cl)c1)S(=O)(=O)c1ccccc1. The lowest BCUT2D eigenvalue weighted by molar-refractivity contribution is -0.139. The lowest BCUT2D eigenvalue weighted by Gasteiger charge is -2.32. The Kier molecular flexibility index (Phi) is 9.00. The first-order chi connectivity index (χ1) is 17.0. The van der Waals surface area contributed by atoms with Gasteiger partial charge in [-0.1, -0.05) is 71.2 Å². The first-order valence-corrected chi connectivity index (χ1v) is 13.3. The van der Waals surface area contributed by atoms with Crippen LogP contribution in [0.25, 0.3) is 0 Å². The van der Waals surface area contributed by atoms with E-state index in [2.05, 4.69) is 5.32 Å². The maximum Gasteiger partial charge on any atom is 0.264 e. The van der Waals surface area contributed by atoms with E-state index in [1.807, 2.05) is 31.2 Å². The number of likely N-dealkylation sites (N-methyl/N-ethyl adjacent to an activating group) is 1. The molecule has 3 rings (SSSR count). The Morgan fingerprint density at radius 1 is 0.944 bits per heavy atom. The summed E-state index contributed by atoms with van der Waals surface area (Å²) in [5.74, 6) is -0.944. The zero-order valence-electron chi connectivity index (χ0n) is 20.1. The number of hydrogen-bond donors (Lipinski definition) is 1. The van der Waals surface area contributed by atoms with Crippen molar-refractivity contribution in [2.24, 2.45) is 0 Å². The number of carbonyl (C=O) groups excluding carboxylic acids is 2. The summed E-state index contributed by atoms with van der Waals surface area (Å²) in [7, 11) is -2.70. The van der Waals surface area contributed by atoms with Crippen LogP contribution in [-0.4, -0.2) is 44.8 Å². The molecule has 0 saturated heterocycles. The summed E-state index contributed by atoms with van der Waals surface area (Å²) in [6.45, 7) is 3.09. The third kappa shape index (κ3) is 6.57. The molecule has 10 heteroatoms. The van der Waals surface area contributed by atoms with Crippen molar-refractivity contribution in [3.63, 3.8) is 0 Å². The highest BCUT2D eigenvalue weighted by Gasteiger charge is 2.32. The molecular formula is C26H27Cl2N3O4S. The smallest absolute Gasteiger partial charge is 0.264 e. The number of nitrogens with one attached hydrogen (secondary N) is 1. The maximum absolute atomic E-state index is 13.7. The lowest BCUT2D eigenvalue weighted by Crippen LogP contribution is -2.50. The molecule has 0 spiro atoms. The van der Waals surface area contributed by atoms with Crippen LogP contribution < -0.4 is 9.62 Å². The van der Waals surface area contributed by atoms with Crippen molar-refractivity contribution < 1.29 is 18.0 Å². The average Bonchev–Trinajstić information content (AvgIpc) is 2.85. The van der Waals surface area contributed by atoms with Crippen molar-refractivity contribution in [1.29, 1.82) is 0 Å². The highest BCUT2D eigenvalue weighted by Crippen LogP contribution is 2.30. The zero-order valence-corrected chi connectivity index (χ0v) is 22.4. The molecule has 0 heterocycles. The van der Waals surface area contributed by atoms with Crippen molar-refractivity contribution in [2.75, 3.05) is 17.9 Å². The van der Waals surface area contributed by atoms with Crippen molar-refractivity contribution >= 4 is 50.7 Å². The van der Waals surface area contributed by atoms with E-state index in [1.54, 1.807) is 25.1 Å². The Hall–Kier alpha value is -3.07. The third-order valence-corrected chi connectivity index (χ3v) is 7.86. The van der Waals surface area contributed by atoms with Crippen LogP contribution in [0.5, 0.6) is 0 Å². The molecule has 0 aliphatic carbocycles. The van der Waals surface area contributed by atoms with E-state index in [0.717, 1.165) is 15.4 Å². The minimum atomic E-state index is -4.18. The van der Waals surface area contributed by atoms with Gasteiger partial charge in [-0.3, -0.25) is 13.9 Å². The van der Waals surface area contributed by atoms with Crippen LogP contribution >= 0.6 is 23.2 Å². The molecule has 0 aromatic heterocycles. The van der Waals surface area contributed by atoms with Crippen LogP contribution in [0.4, 0.5) is 5.69 Å². The molecule has 190 valence electrons. The quantitative estimate of drug-likeness (QED) is 0.422. The van der Waals surface area contributed by atoms with Gasteiger partial charge >= 0.3 is 0 Å². The molecule has 0 radical (unpaired) electrons. The molecule has 0 aliphatic heterocycles. The van der Waals surface area contributed by atoms with E-state index in [1.165, 1.54) is 42.3 Å². The number of nitrogens with zero attached hydrogens (tertiary/aromatic N) is 2. The first-order valence-electron chi connectivity index (χ1n) is 11.1. The predicted octanol–water partition coefficient (Wildman–Crippen LogP) is 4.66. The van der Waals surface area contributed by atoms with Crippen LogP contribution in [0.1, 0.15) is 18.1 Å². The minimum absolute atomic E-state index is 0.00154. The number of hydrogen-bond acceptors (Lipinski definition) is 4. The maximum atomic E-state index is 13.7. The summed E-state index contributed by atoms with van der Waals surface area (Å²) in [5.41, 5.74) is 1.98. The second-order valence-corrected chi connectivity index (χ2v) is 11.0. The molecule has 1 atom stereocenters.